The minimum absolute atomic E-state index is 0.00979. The largest absolute Gasteiger partial charge is 0.464 e. The highest BCUT2D eigenvalue weighted by atomic mass is 35.5. The van der Waals surface area contributed by atoms with Crippen molar-refractivity contribution < 1.29 is 18.7 Å². The summed E-state index contributed by atoms with van der Waals surface area (Å²) in [5.41, 5.74) is 5.97. The molecule has 7 heteroatoms. The summed E-state index contributed by atoms with van der Waals surface area (Å²) in [5.74, 6) is -0.927. The second-order valence-electron chi connectivity index (χ2n) is 3.76. The van der Waals surface area contributed by atoms with Crippen LogP contribution in [0.1, 0.15) is 10.5 Å². The fraction of sp³-hybridized carbons (Fsp3) is 0.0769. The first kappa shape index (κ1) is 14.1. The van der Waals surface area contributed by atoms with Gasteiger partial charge in [0.05, 0.1) is 17.8 Å². The number of benzene rings is 1. The van der Waals surface area contributed by atoms with Crippen molar-refractivity contribution in [3.05, 3.63) is 46.9 Å². The number of nitrogens with two attached hydrogens (primary N) is 1. The number of halogens is 2. The number of anilines is 1. The third kappa shape index (κ3) is 2.97. The Labute approximate surface area is 119 Å². The summed E-state index contributed by atoms with van der Waals surface area (Å²) < 4.78 is 23.0. The lowest BCUT2D eigenvalue weighted by molar-refractivity contribution is 0.0593. The number of rotatable bonds is 3. The molecule has 0 spiro atoms. The summed E-state index contributed by atoms with van der Waals surface area (Å²) >= 11 is 5.64. The zero-order valence-corrected chi connectivity index (χ0v) is 11.1. The van der Waals surface area contributed by atoms with E-state index in [9.17, 15) is 9.18 Å². The normalized spacial score (nSPS) is 10.2. The van der Waals surface area contributed by atoms with Gasteiger partial charge in [-0.05, 0) is 24.3 Å². The highest BCUT2D eigenvalue weighted by Crippen LogP contribution is 2.28. The highest BCUT2D eigenvalue weighted by Gasteiger charge is 2.12. The van der Waals surface area contributed by atoms with Gasteiger partial charge >= 0.3 is 5.97 Å². The predicted molar refractivity (Wildman–Crippen MR) is 71.5 cm³/mol. The van der Waals surface area contributed by atoms with Crippen LogP contribution in [0.2, 0.25) is 5.02 Å². The van der Waals surface area contributed by atoms with Crippen LogP contribution in [0.15, 0.2) is 30.3 Å². The number of esters is 1. The van der Waals surface area contributed by atoms with Gasteiger partial charge in [-0.25, -0.2) is 14.2 Å². The molecule has 0 amide bonds. The number of methoxy groups -OCH3 is 1. The van der Waals surface area contributed by atoms with Gasteiger partial charge in [-0.2, -0.15) is 0 Å². The Morgan fingerprint density at radius 1 is 1.35 bits per heavy atom. The Morgan fingerprint density at radius 3 is 2.75 bits per heavy atom. The van der Waals surface area contributed by atoms with E-state index in [1.807, 2.05) is 0 Å². The van der Waals surface area contributed by atoms with Crippen LogP contribution in [0.4, 0.5) is 10.1 Å². The zero-order chi connectivity index (χ0) is 14.7. The van der Waals surface area contributed by atoms with Crippen molar-refractivity contribution in [1.82, 2.24) is 4.98 Å². The summed E-state index contributed by atoms with van der Waals surface area (Å²) in [6, 6.07) is 6.67. The second kappa shape index (κ2) is 5.75. The van der Waals surface area contributed by atoms with Crippen molar-refractivity contribution in [2.24, 2.45) is 0 Å². The van der Waals surface area contributed by atoms with Crippen molar-refractivity contribution in [3.8, 4) is 11.6 Å². The molecule has 0 unspecified atom stereocenters. The average Bonchev–Trinajstić information content (AvgIpc) is 2.44. The molecule has 0 radical (unpaired) electrons. The zero-order valence-electron chi connectivity index (χ0n) is 10.4. The van der Waals surface area contributed by atoms with E-state index in [1.54, 1.807) is 0 Å². The average molecular weight is 297 g/mol. The van der Waals surface area contributed by atoms with Crippen LogP contribution < -0.4 is 10.5 Å². The molecule has 104 valence electrons. The van der Waals surface area contributed by atoms with Gasteiger partial charge in [0.2, 0.25) is 5.88 Å². The lowest BCUT2D eigenvalue weighted by Gasteiger charge is -2.09. The third-order valence-corrected chi connectivity index (χ3v) is 2.68. The summed E-state index contributed by atoms with van der Waals surface area (Å²) in [7, 11) is 1.24. The SMILES string of the molecule is COC(=O)c1ccc(N)c(Oc2ccc(F)c(Cl)c2)n1. The molecule has 0 atom stereocenters. The van der Waals surface area contributed by atoms with Crippen LogP contribution in [-0.2, 0) is 4.74 Å². The van der Waals surface area contributed by atoms with E-state index in [0.717, 1.165) is 6.07 Å². The molecule has 0 aliphatic heterocycles. The van der Waals surface area contributed by atoms with Crippen LogP contribution in [0.5, 0.6) is 11.6 Å². The lowest BCUT2D eigenvalue weighted by atomic mass is 10.3. The molecule has 1 aromatic heterocycles. The fourth-order valence-electron chi connectivity index (χ4n) is 1.40. The summed E-state index contributed by atoms with van der Waals surface area (Å²) in [6.45, 7) is 0. The number of hydrogen-bond donors (Lipinski definition) is 1. The first-order chi connectivity index (χ1) is 9.51. The molecule has 1 aromatic carbocycles. The molecule has 5 nitrogen and oxygen atoms in total. The number of nitrogens with zero attached hydrogens (tertiary/aromatic N) is 1. The van der Waals surface area contributed by atoms with Crippen LogP contribution in [0.3, 0.4) is 0 Å². The first-order valence-electron chi connectivity index (χ1n) is 5.49. The summed E-state index contributed by atoms with van der Waals surface area (Å²) in [4.78, 5) is 15.3. The molecule has 2 N–H and O–H groups in total. The Morgan fingerprint density at radius 2 is 2.10 bits per heavy atom. The van der Waals surface area contributed by atoms with Gasteiger partial charge in [-0.3, -0.25) is 0 Å². The molecule has 0 aliphatic rings. The fourth-order valence-corrected chi connectivity index (χ4v) is 1.57. The molecule has 20 heavy (non-hydrogen) atoms. The van der Waals surface area contributed by atoms with Crippen molar-refractivity contribution in [2.45, 2.75) is 0 Å². The van der Waals surface area contributed by atoms with E-state index < -0.39 is 11.8 Å². The van der Waals surface area contributed by atoms with Crippen molar-refractivity contribution in [2.75, 3.05) is 12.8 Å². The van der Waals surface area contributed by atoms with E-state index in [4.69, 9.17) is 22.1 Å². The minimum atomic E-state index is -0.619. The van der Waals surface area contributed by atoms with Gasteiger partial charge < -0.3 is 15.2 Å². The number of nitrogen functional groups attached to an aromatic ring is 1. The van der Waals surface area contributed by atoms with Gasteiger partial charge in [0.15, 0.2) is 5.69 Å². The van der Waals surface area contributed by atoms with Gasteiger partial charge in [-0.15, -0.1) is 0 Å². The van der Waals surface area contributed by atoms with E-state index in [0.29, 0.717) is 0 Å². The molecule has 1 heterocycles. The molecule has 2 rings (SSSR count). The molecular weight excluding hydrogens is 287 g/mol. The molecule has 0 aliphatic carbocycles. The number of aromatic nitrogens is 1. The standard InChI is InChI=1S/C13H10ClFN2O3/c1-19-13(18)11-5-4-10(16)12(17-11)20-7-2-3-9(15)8(14)6-7/h2-6H,16H2,1H3. The predicted octanol–water partition coefficient (Wildman–Crippen LogP) is 3.04. The number of ether oxygens (including phenoxy) is 2. The Balaban J connectivity index is 2.32. The molecule has 0 fully saturated rings. The number of pyridine rings is 1. The summed E-state index contributed by atoms with van der Waals surface area (Å²) in [5, 5.41) is -0.0924. The second-order valence-corrected chi connectivity index (χ2v) is 4.17. The van der Waals surface area contributed by atoms with E-state index in [1.165, 1.54) is 31.4 Å². The van der Waals surface area contributed by atoms with Gasteiger partial charge in [0.1, 0.15) is 11.6 Å². The Bertz CT molecular complexity index is 664. The molecule has 0 saturated carbocycles. The minimum Gasteiger partial charge on any atom is -0.464 e. The van der Waals surface area contributed by atoms with Crippen molar-refractivity contribution in [3.63, 3.8) is 0 Å². The smallest absolute Gasteiger partial charge is 0.356 e. The van der Waals surface area contributed by atoms with E-state index in [-0.39, 0.29) is 28.0 Å². The van der Waals surface area contributed by atoms with Crippen LogP contribution in [0, 0.1) is 5.82 Å². The summed E-state index contributed by atoms with van der Waals surface area (Å²) in [6.07, 6.45) is 0. The molecular formula is C13H10ClFN2O3. The van der Waals surface area contributed by atoms with Gasteiger partial charge in [0.25, 0.3) is 0 Å². The maximum Gasteiger partial charge on any atom is 0.356 e. The third-order valence-electron chi connectivity index (χ3n) is 2.39. The topological polar surface area (TPSA) is 74.4 Å². The first-order valence-corrected chi connectivity index (χ1v) is 5.87. The highest BCUT2D eigenvalue weighted by molar-refractivity contribution is 6.30. The molecule has 0 bridgehead atoms. The number of carbonyl (C=O) groups is 1. The Kier molecular flexibility index (Phi) is 4.05. The Hall–Kier alpha value is -2.34. The van der Waals surface area contributed by atoms with Crippen molar-refractivity contribution in [1.29, 1.82) is 0 Å². The van der Waals surface area contributed by atoms with E-state index >= 15 is 0 Å². The lowest BCUT2D eigenvalue weighted by Crippen LogP contribution is -2.06. The van der Waals surface area contributed by atoms with Gasteiger partial charge in [-0.1, -0.05) is 11.6 Å². The van der Waals surface area contributed by atoms with E-state index in [2.05, 4.69) is 9.72 Å². The van der Waals surface area contributed by atoms with Crippen LogP contribution in [0.25, 0.3) is 0 Å². The quantitative estimate of drug-likeness (QED) is 0.881. The number of carbonyl (C=O) groups excluding carboxylic acids is 1. The monoisotopic (exact) mass is 296 g/mol. The van der Waals surface area contributed by atoms with Crippen molar-refractivity contribution >= 4 is 23.3 Å². The van der Waals surface area contributed by atoms with Crippen LogP contribution >= 0.6 is 11.6 Å². The molecule has 2 aromatic rings. The van der Waals surface area contributed by atoms with Gasteiger partial charge in [0, 0.05) is 6.07 Å². The van der Waals surface area contributed by atoms with Crippen LogP contribution in [-0.4, -0.2) is 18.1 Å². The maximum absolute atomic E-state index is 13.0. The molecule has 0 saturated heterocycles. The number of hydrogen-bond acceptors (Lipinski definition) is 5. The maximum atomic E-state index is 13.0.